The van der Waals surface area contributed by atoms with Gasteiger partial charge in [-0.3, -0.25) is 9.52 Å². The van der Waals surface area contributed by atoms with Crippen molar-refractivity contribution >= 4 is 43.0 Å². The van der Waals surface area contributed by atoms with Gasteiger partial charge in [0.15, 0.2) is 5.76 Å². The molecule has 3 heterocycles. The SMILES string of the molecule is Cc1noc(C)c1S(=O)(=O)N(C)C[C@@H]1OCCCC[C@H](C)Oc2ccc(NS(=O)(=O)c3cccs3)cc2C(=O)N([C@@H](C)CO)C[C@H]1C. The molecule has 0 saturated heterocycles. The first kappa shape index (κ1) is 36.8. The smallest absolute Gasteiger partial charge is 0.271 e. The van der Waals surface area contributed by atoms with Crippen LogP contribution in [0.3, 0.4) is 0 Å². The number of ether oxygens (including phenoxy) is 2. The second kappa shape index (κ2) is 15.5. The first-order valence-corrected chi connectivity index (χ1v) is 19.3. The summed E-state index contributed by atoms with van der Waals surface area (Å²) in [5.41, 5.74) is 0.568. The van der Waals surface area contributed by atoms with Crippen LogP contribution in [0.2, 0.25) is 0 Å². The predicted octanol–water partition coefficient (Wildman–Crippen LogP) is 4.27. The number of nitrogens with zero attached hydrogens (tertiary/aromatic N) is 3. The van der Waals surface area contributed by atoms with Crippen LogP contribution in [0.25, 0.3) is 0 Å². The summed E-state index contributed by atoms with van der Waals surface area (Å²) in [4.78, 5) is 15.8. The number of aliphatic hydroxyl groups is 1. The number of likely N-dealkylation sites (N-methyl/N-ethyl adjacent to an activating group) is 1. The molecule has 260 valence electrons. The second-order valence-corrected chi connectivity index (χ2v) is 16.8. The minimum Gasteiger partial charge on any atom is -0.490 e. The van der Waals surface area contributed by atoms with Crippen LogP contribution in [-0.2, 0) is 24.8 Å². The zero-order chi connectivity index (χ0) is 34.5. The molecule has 0 bridgehead atoms. The Kier molecular flexibility index (Phi) is 12.1. The Bertz CT molecular complexity index is 1710. The number of hydrogen-bond acceptors (Lipinski definition) is 11. The zero-order valence-corrected chi connectivity index (χ0v) is 30.0. The molecular formula is C31H44N4O9S3. The minimum atomic E-state index is -3.96. The van der Waals surface area contributed by atoms with Crippen LogP contribution >= 0.6 is 11.3 Å². The van der Waals surface area contributed by atoms with Gasteiger partial charge in [-0.25, -0.2) is 16.8 Å². The lowest BCUT2D eigenvalue weighted by atomic mass is 10.0. The van der Waals surface area contributed by atoms with E-state index in [4.69, 9.17) is 14.0 Å². The molecule has 1 amide bonds. The Balaban J connectivity index is 1.68. The molecular weight excluding hydrogens is 669 g/mol. The van der Waals surface area contributed by atoms with Gasteiger partial charge in [-0.1, -0.05) is 18.1 Å². The number of fused-ring (bicyclic) bond motifs is 1. The van der Waals surface area contributed by atoms with Gasteiger partial charge < -0.3 is 24.0 Å². The van der Waals surface area contributed by atoms with Crippen LogP contribution in [0.1, 0.15) is 61.8 Å². The highest BCUT2D eigenvalue weighted by atomic mass is 32.2. The summed E-state index contributed by atoms with van der Waals surface area (Å²) in [6.07, 6.45) is 1.22. The molecule has 0 spiro atoms. The van der Waals surface area contributed by atoms with Crippen molar-refractivity contribution in [2.45, 2.75) is 81.2 Å². The summed E-state index contributed by atoms with van der Waals surface area (Å²) in [6.45, 7) is 8.68. The lowest BCUT2D eigenvalue weighted by molar-refractivity contribution is -0.00835. The van der Waals surface area contributed by atoms with Gasteiger partial charge in [0.05, 0.1) is 30.4 Å². The number of hydrogen-bond donors (Lipinski definition) is 2. The second-order valence-electron chi connectivity index (χ2n) is 12.0. The summed E-state index contributed by atoms with van der Waals surface area (Å²) in [5, 5.41) is 15.6. The normalized spacial score (nSPS) is 21.1. The van der Waals surface area contributed by atoms with Crippen molar-refractivity contribution in [2.75, 3.05) is 38.1 Å². The molecule has 4 rings (SSSR count). The van der Waals surface area contributed by atoms with Crippen molar-refractivity contribution in [1.82, 2.24) is 14.4 Å². The van der Waals surface area contributed by atoms with Crippen LogP contribution in [0.4, 0.5) is 5.69 Å². The number of anilines is 1. The molecule has 13 nitrogen and oxygen atoms in total. The molecule has 2 aromatic heterocycles. The fourth-order valence-electron chi connectivity index (χ4n) is 5.42. The number of benzene rings is 1. The molecule has 3 aromatic rings. The third-order valence-electron chi connectivity index (χ3n) is 8.14. The van der Waals surface area contributed by atoms with Gasteiger partial charge >= 0.3 is 0 Å². The van der Waals surface area contributed by atoms with Crippen molar-refractivity contribution in [3.63, 3.8) is 0 Å². The van der Waals surface area contributed by atoms with Gasteiger partial charge in [0.25, 0.3) is 15.9 Å². The third kappa shape index (κ3) is 8.72. The van der Waals surface area contributed by atoms with Crippen molar-refractivity contribution in [3.8, 4) is 5.75 Å². The molecule has 4 atom stereocenters. The van der Waals surface area contributed by atoms with Crippen molar-refractivity contribution in [2.24, 2.45) is 5.92 Å². The topological polar surface area (TPSA) is 169 Å². The van der Waals surface area contributed by atoms with Gasteiger partial charge in [0.1, 0.15) is 20.5 Å². The number of rotatable bonds is 9. The average Bonchev–Trinajstić information content (AvgIpc) is 3.69. The number of amides is 1. The molecule has 0 saturated carbocycles. The van der Waals surface area contributed by atoms with Crippen LogP contribution in [-0.4, -0.2) is 93.8 Å². The molecule has 1 aliphatic rings. The quantitative estimate of drug-likeness (QED) is 0.327. The molecule has 16 heteroatoms. The molecule has 1 aromatic carbocycles. The number of aromatic nitrogens is 1. The van der Waals surface area contributed by atoms with E-state index in [0.29, 0.717) is 25.2 Å². The fourth-order valence-corrected chi connectivity index (χ4v) is 8.93. The van der Waals surface area contributed by atoms with Crippen molar-refractivity contribution in [1.29, 1.82) is 0 Å². The number of aryl methyl sites for hydroxylation is 2. The highest BCUT2D eigenvalue weighted by Gasteiger charge is 2.34. The van der Waals surface area contributed by atoms with Crippen molar-refractivity contribution < 1.29 is 40.7 Å². The van der Waals surface area contributed by atoms with E-state index in [0.717, 1.165) is 17.8 Å². The minimum absolute atomic E-state index is 0.00611. The summed E-state index contributed by atoms with van der Waals surface area (Å²) in [5.74, 6) is -0.387. The summed E-state index contributed by atoms with van der Waals surface area (Å²) in [7, 11) is -6.38. The third-order valence-corrected chi connectivity index (χ3v) is 13.0. The summed E-state index contributed by atoms with van der Waals surface area (Å²) < 4.78 is 74.5. The van der Waals surface area contributed by atoms with Crippen molar-refractivity contribution in [3.05, 3.63) is 52.7 Å². The number of carbonyl (C=O) groups excluding carboxylic acids is 1. The largest absolute Gasteiger partial charge is 0.490 e. The molecule has 0 aliphatic carbocycles. The van der Waals surface area contributed by atoms with Crippen LogP contribution < -0.4 is 9.46 Å². The maximum absolute atomic E-state index is 14.3. The molecule has 1 aliphatic heterocycles. The average molecular weight is 713 g/mol. The van der Waals surface area contributed by atoms with Crippen LogP contribution in [0, 0.1) is 19.8 Å². The van der Waals surface area contributed by atoms with E-state index in [1.165, 1.54) is 28.4 Å². The van der Waals surface area contributed by atoms with Crippen LogP contribution in [0.5, 0.6) is 5.75 Å². The number of thiophene rings is 1. The Hall–Kier alpha value is -3.02. The lowest BCUT2D eigenvalue weighted by Crippen LogP contribution is -2.48. The van der Waals surface area contributed by atoms with Crippen LogP contribution in [0.15, 0.2) is 49.3 Å². The first-order valence-electron chi connectivity index (χ1n) is 15.4. The first-order chi connectivity index (χ1) is 22.1. The predicted molar refractivity (Wildman–Crippen MR) is 178 cm³/mol. The number of aliphatic hydroxyl groups excluding tert-OH is 1. The Morgan fingerprint density at radius 3 is 2.55 bits per heavy atom. The fraction of sp³-hybridized carbons (Fsp3) is 0.548. The maximum atomic E-state index is 14.3. The maximum Gasteiger partial charge on any atom is 0.271 e. The number of sulfonamides is 2. The van der Waals surface area contributed by atoms with Gasteiger partial charge in [-0.15, -0.1) is 11.3 Å². The van der Waals surface area contributed by atoms with Gasteiger partial charge in [-0.05, 0) is 76.6 Å². The Morgan fingerprint density at radius 2 is 1.91 bits per heavy atom. The van der Waals surface area contributed by atoms with E-state index in [-0.39, 0.29) is 63.5 Å². The highest BCUT2D eigenvalue weighted by molar-refractivity contribution is 7.94. The molecule has 0 unspecified atom stereocenters. The Morgan fingerprint density at radius 1 is 1.17 bits per heavy atom. The molecule has 47 heavy (non-hydrogen) atoms. The summed E-state index contributed by atoms with van der Waals surface area (Å²) >= 11 is 1.07. The van der Waals surface area contributed by atoms with E-state index < -0.39 is 38.1 Å². The standard InChI is InChI=1S/C31H44N4O9S3/c1-20-17-35(21(2)19-36)31(37)26-16-25(33-46(38,39)29-11-9-15-45-29)12-13-27(26)43-22(3)10-7-8-14-42-28(20)18-34(6)47(40,41)30-23(4)32-44-24(30)5/h9,11-13,15-16,20-22,28,33,36H,7-8,10,14,17-19H2,1-6H3/t20-,21+,22+,28+/m1/s1. The molecule has 0 fully saturated rings. The van der Waals surface area contributed by atoms with E-state index in [1.54, 1.807) is 44.4 Å². The van der Waals surface area contributed by atoms with E-state index in [9.17, 15) is 26.7 Å². The number of nitrogens with one attached hydrogen (secondary N) is 1. The zero-order valence-electron chi connectivity index (χ0n) is 27.5. The van der Waals surface area contributed by atoms with E-state index in [1.807, 2.05) is 13.8 Å². The molecule has 2 N–H and O–H groups in total. The number of carbonyl (C=O) groups is 1. The van der Waals surface area contributed by atoms with Gasteiger partial charge in [-0.2, -0.15) is 4.31 Å². The van der Waals surface area contributed by atoms with E-state index >= 15 is 0 Å². The molecule has 0 radical (unpaired) electrons. The Labute approximate surface area is 280 Å². The lowest BCUT2D eigenvalue weighted by Gasteiger charge is -2.35. The summed E-state index contributed by atoms with van der Waals surface area (Å²) in [6, 6.07) is 7.06. The van der Waals surface area contributed by atoms with E-state index in [2.05, 4.69) is 9.88 Å². The van der Waals surface area contributed by atoms with Gasteiger partial charge in [0, 0.05) is 38.3 Å². The van der Waals surface area contributed by atoms with Gasteiger partial charge in [0.2, 0.25) is 10.0 Å². The monoisotopic (exact) mass is 712 g/mol. The highest BCUT2D eigenvalue weighted by Crippen LogP contribution is 2.30.